The number of hydrogen-bond acceptors (Lipinski definition) is 3. The average molecular weight is 326 g/mol. The van der Waals surface area contributed by atoms with Gasteiger partial charge in [-0.2, -0.15) is 0 Å². The Morgan fingerprint density at radius 2 is 1.74 bits per heavy atom. The van der Waals surface area contributed by atoms with Gasteiger partial charge in [0.05, 0.1) is 6.54 Å². The number of nitrogens with zero attached hydrogens (tertiary/aromatic N) is 4. The number of likely N-dealkylation sites (N-methyl/N-ethyl adjacent to an activating group) is 1. The Morgan fingerprint density at radius 1 is 1.17 bits per heavy atom. The molecule has 0 saturated carbocycles. The number of carbonyl (C=O) groups excluding carboxylic acids is 1. The third kappa shape index (κ3) is 6.77. The van der Waals surface area contributed by atoms with E-state index in [9.17, 15) is 4.79 Å². The molecule has 0 aromatic heterocycles. The lowest BCUT2D eigenvalue weighted by Crippen LogP contribution is -2.53. The van der Waals surface area contributed by atoms with Gasteiger partial charge in [-0.15, -0.1) is 0 Å². The summed E-state index contributed by atoms with van der Waals surface area (Å²) >= 11 is 0. The number of rotatable bonds is 6. The van der Waals surface area contributed by atoms with Crippen molar-refractivity contribution in [2.45, 2.75) is 40.2 Å². The second-order valence-electron chi connectivity index (χ2n) is 6.93. The van der Waals surface area contributed by atoms with Crippen molar-refractivity contribution < 1.29 is 4.79 Å². The molecule has 6 nitrogen and oxygen atoms in total. The van der Waals surface area contributed by atoms with Crippen LogP contribution >= 0.6 is 0 Å². The molecule has 1 heterocycles. The fourth-order valence-electron chi connectivity index (χ4n) is 2.84. The van der Waals surface area contributed by atoms with Crippen LogP contribution in [-0.4, -0.2) is 86.0 Å². The highest BCUT2D eigenvalue weighted by Gasteiger charge is 2.21. The average Bonchev–Trinajstić information content (AvgIpc) is 2.49. The van der Waals surface area contributed by atoms with Crippen molar-refractivity contribution in [2.24, 2.45) is 10.9 Å². The van der Waals surface area contributed by atoms with Crippen LogP contribution in [0.4, 0.5) is 0 Å². The molecule has 1 N–H and O–H groups in total. The van der Waals surface area contributed by atoms with E-state index in [-0.39, 0.29) is 5.91 Å². The third-order valence-corrected chi connectivity index (χ3v) is 4.29. The van der Waals surface area contributed by atoms with Crippen molar-refractivity contribution in [2.75, 3.05) is 53.4 Å². The first-order chi connectivity index (χ1) is 10.8. The van der Waals surface area contributed by atoms with Crippen molar-refractivity contribution in [3.05, 3.63) is 0 Å². The molecule has 0 aromatic rings. The molecule has 1 atom stereocenters. The molecule has 1 fully saturated rings. The van der Waals surface area contributed by atoms with Crippen LogP contribution in [0.5, 0.6) is 0 Å². The minimum atomic E-state index is 0.163. The van der Waals surface area contributed by atoms with Gasteiger partial charge in [0.2, 0.25) is 5.91 Å². The van der Waals surface area contributed by atoms with Gasteiger partial charge in [0.15, 0.2) is 5.96 Å². The molecular formula is C17H35N5O. The molecule has 0 radical (unpaired) electrons. The van der Waals surface area contributed by atoms with Gasteiger partial charge in [-0.3, -0.25) is 9.79 Å². The van der Waals surface area contributed by atoms with E-state index in [1.54, 1.807) is 6.92 Å². The van der Waals surface area contributed by atoms with Gasteiger partial charge < -0.3 is 20.0 Å². The number of hydrogen-bond donors (Lipinski definition) is 1. The summed E-state index contributed by atoms with van der Waals surface area (Å²) in [6, 6.07) is 0.460. The normalized spacial score (nSPS) is 17.8. The standard InChI is InChI=1S/C17H35N5O/c1-7-18-17(19-13-16(20(5)6)12-14(2)3)22-10-8-21(9-11-22)15(4)23/h14,16H,7-13H2,1-6H3,(H,18,19). The van der Waals surface area contributed by atoms with Crippen molar-refractivity contribution in [3.63, 3.8) is 0 Å². The number of guanidine groups is 1. The van der Waals surface area contributed by atoms with Crippen molar-refractivity contribution in [3.8, 4) is 0 Å². The molecule has 1 saturated heterocycles. The van der Waals surface area contributed by atoms with Gasteiger partial charge in [-0.1, -0.05) is 13.8 Å². The molecule has 0 aromatic carbocycles. The zero-order valence-electron chi connectivity index (χ0n) is 15.8. The Balaban J connectivity index is 2.67. The highest BCUT2D eigenvalue weighted by atomic mass is 16.2. The highest BCUT2D eigenvalue weighted by Crippen LogP contribution is 2.10. The van der Waals surface area contributed by atoms with E-state index >= 15 is 0 Å². The largest absolute Gasteiger partial charge is 0.357 e. The molecule has 1 amide bonds. The lowest BCUT2D eigenvalue weighted by molar-refractivity contribution is -0.130. The third-order valence-electron chi connectivity index (χ3n) is 4.29. The van der Waals surface area contributed by atoms with E-state index in [0.717, 1.165) is 51.6 Å². The molecule has 1 unspecified atom stereocenters. The number of carbonyl (C=O) groups is 1. The second kappa shape index (κ2) is 9.75. The molecule has 23 heavy (non-hydrogen) atoms. The molecule has 6 heteroatoms. The van der Waals surface area contributed by atoms with Gasteiger partial charge >= 0.3 is 0 Å². The van der Waals surface area contributed by atoms with E-state index in [0.29, 0.717) is 12.0 Å². The van der Waals surface area contributed by atoms with Crippen LogP contribution in [-0.2, 0) is 4.79 Å². The van der Waals surface area contributed by atoms with Crippen LogP contribution in [0.3, 0.4) is 0 Å². The minimum absolute atomic E-state index is 0.163. The van der Waals surface area contributed by atoms with Gasteiger partial charge in [0, 0.05) is 45.7 Å². The van der Waals surface area contributed by atoms with Gasteiger partial charge in [0.1, 0.15) is 0 Å². The molecular weight excluding hydrogens is 290 g/mol. The molecule has 0 spiro atoms. The van der Waals surface area contributed by atoms with E-state index < -0.39 is 0 Å². The minimum Gasteiger partial charge on any atom is -0.357 e. The van der Waals surface area contributed by atoms with E-state index in [1.165, 1.54) is 0 Å². The summed E-state index contributed by atoms with van der Waals surface area (Å²) in [5.74, 6) is 1.81. The first-order valence-electron chi connectivity index (χ1n) is 8.80. The van der Waals surface area contributed by atoms with Crippen LogP contribution in [0.25, 0.3) is 0 Å². The van der Waals surface area contributed by atoms with E-state index in [4.69, 9.17) is 4.99 Å². The maximum absolute atomic E-state index is 11.4. The molecule has 1 aliphatic rings. The zero-order chi connectivity index (χ0) is 17.4. The maximum atomic E-state index is 11.4. The van der Waals surface area contributed by atoms with Crippen LogP contribution in [0.2, 0.25) is 0 Å². The number of amides is 1. The summed E-state index contributed by atoms with van der Waals surface area (Å²) in [5.41, 5.74) is 0. The Hall–Kier alpha value is -1.30. The number of piperazine rings is 1. The molecule has 134 valence electrons. The van der Waals surface area contributed by atoms with E-state index in [1.807, 2.05) is 4.90 Å². The molecule has 0 aliphatic carbocycles. The highest BCUT2D eigenvalue weighted by molar-refractivity contribution is 5.80. The predicted octanol–water partition coefficient (Wildman–Crippen LogP) is 1.09. The zero-order valence-corrected chi connectivity index (χ0v) is 15.8. The molecule has 1 aliphatic heterocycles. The predicted molar refractivity (Wildman–Crippen MR) is 96.7 cm³/mol. The summed E-state index contributed by atoms with van der Waals surface area (Å²) in [4.78, 5) is 22.8. The fourth-order valence-corrected chi connectivity index (χ4v) is 2.84. The first-order valence-corrected chi connectivity index (χ1v) is 8.80. The van der Waals surface area contributed by atoms with Gasteiger partial charge in [-0.05, 0) is 33.4 Å². The van der Waals surface area contributed by atoms with Crippen LogP contribution in [0.15, 0.2) is 4.99 Å². The number of nitrogens with one attached hydrogen (secondary N) is 1. The fraction of sp³-hybridized carbons (Fsp3) is 0.882. The summed E-state index contributed by atoms with van der Waals surface area (Å²) < 4.78 is 0. The van der Waals surface area contributed by atoms with Crippen molar-refractivity contribution in [1.82, 2.24) is 20.0 Å². The van der Waals surface area contributed by atoms with Crippen molar-refractivity contribution in [1.29, 1.82) is 0 Å². The van der Waals surface area contributed by atoms with Crippen LogP contribution < -0.4 is 5.32 Å². The first kappa shape index (κ1) is 19.7. The van der Waals surface area contributed by atoms with Crippen LogP contribution in [0, 0.1) is 5.92 Å². The summed E-state index contributed by atoms with van der Waals surface area (Å²) in [6.07, 6.45) is 1.15. The topological polar surface area (TPSA) is 51.2 Å². The molecule has 1 rings (SSSR count). The lowest BCUT2D eigenvalue weighted by Gasteiger charge is -2.36. The van der Waals surface area contributed by atoms with Crippen molar-refractivity contribution >= 4 is 11.9 Å². The Morgan fingerprint density at radius 3 is 2.17 bits per heavy atom. The quantitative estimate of drug-likeness (QED) is 0.587. The number of aliphatic imine (C=N–C) groups is 1. The Bertz CT molecular complexity index is 386. The van der Waals surface area contributed by atoms with Crippen LogP contribution in [0.1, 0.15) is 34.1 Å². The summed E-state index contributed by atoms with van der Waals surface area (Å²) in [7, 11) is 4.25. The summed E-state index contributed by atoms with van der Waals surface area (Å²) in [6.45, 7) is 13.2. The van der Waals surface area contributed by atoms with Gasteiger partial charge in [-0.25, -0.2) is 0 Å². The maximum Gasteiger partial charge on any atom is 0.219 e. The Labute approximate surface area is 141 Å². The SMILES string of the molecule is CCNC(=NCC(CC(C)C)N(C)C)N1CCN(C(C)=O)CC1. The van der Waals surface area contributed by atoms with E-state index in [2.05, 4.69) is 50.0 Å². The Kier molecular flexibility index (Phi) is 8.37. The van der Waals surface area contributed by atoms with Gasteiger partial charge in [0.25, 0.3) is 0 Å². The lowest BCUT2D eigenvalue weighted by atomic mass is 10.0. The molecule has 0 bridgehead atoms. The summed E-state index contributed by atoms with van der Waals surface area (Å²) in [5, 5.41) is 3.40. The second-order valence-corrected chi connectivity index (χ2v) is 6.93. The smallest absolute Gasteiger partial charge is 0.219 e. The monoisotopic (exact) mass is 325 g/mol.